The van der Waals surface area contributed by atoms with Gasteiger partial charge in [0, 0.05) is 11.3 Å². The van der Waals surface area contributed by atoms with Gasteiger partial charge in [0.15, 0.2) is 0 Å². The fraction of sp³-hybridized carbons (Fsp3) is 0.933. The Labute approximate surface area is 118 Å². The maximum Gasteiger partial charge on any atom is 0.142 e. The van der Waals surface area contributed by atoms with Gasteiger partial charge in [-0.1, -0.05) is 20.8 Å². The Morgan fingerprint density at radius 3 is 2.33 bits per heavy atom. The molecular weight excluding hydrogens is 246 g/mol. The van der Waals surface area contributed by atoms with Gasteiger partial charge < -0.3 is 4.90 Å². The van der Waals surface area contributed by atoms with E-state index in [1.807, 2.05) is 0 Å². The van der Waals surface area contributed by atoms with Crippen LogP contribution in [0.3, 0.4) is 0 Å². The van der Waals surface area contributed by atoms with Gasteiger partial charge in [-0.25, -0.2) is 0 Å². The fourth-order valence-corrected chi connectivity index (χ4v) is 4.23. The maximum absolute atomic E-state index is 12.6. The van der Waals surface area contributed by atoms with Crippen LogP contribution in [0, 0.1) is 22.7 Å². The highest BCUT2D eigenvalue weighted by Crippen LogP contribution is 2.66. The van der Waals surface area contributed by atoms with E-state index in [4.69, 9.17) is 0 Å². The lowest BCUT2D eigenvalue weighted by Gasteiger charge is -2.32. The molecule has 0 aromatic rings. The van der Waals surface area contributed by atoms with Crippen molar-refractivity contribution in [1.29, 1.82) is 0 Å². The van der Waals surface area contributed by atoms with Crippen LogP contribution in [0.15, 0.2) is 0 Å². The Kier molecular flexibility index (Phi) is 4.55. The average Bonchev–Trinajstić information content (AvgIpc) is 2.52. The number of halogens is 1. The van der Waals surface area contributed by atoms with Crippen LogP contribution in [-0.4, -0.2) is 31.3 Å². The number of ketones is 1. The van der Waals surface area contributed by atoms with Gasteiger partial charge >= 0.3 is 0 Å². The van der Waals surface area contributed by atoms with Crippen molar-refractivity contribution in [1.82, 2.24) is 4.90 Å². The summed E-state index contributed by atoms with van der Waals surface area (Å²) in [6.45, 7) is 7.94. The van der Waals surface area contributed by atoms with Crippen LogP contribution in [0.25, 0.3) is 0 Å². The molecule has 106 valence electrons. The van der Waals surface area contributed by atoms with Gasteiger partial charge in [0.05, 0.1) is 0 Å². The van der Waals surface area contributed by atoms with Gasteiger partial charge in [-0.15, -0.1) is 12.4 Å². The van der Waals surface area contributed by atoms with Crippen molar-refractivity contribution < 1.29 is 4.79 Å². The van der Waals surface area contributed by atoms with Crippen LogP contribution in [0.4, 0.5) is 0 Å². The van der Waals surface area contributed by atoms with Gasteiger partial charge in [0.1, 0.15) is 5.78 Å². The van der Waals surface area contributed by atoms with E-state index in [-0.39, 0.29) is 23.2 Å². The molecular formula is C15H28ClNO. The van der Waals surface area contributed by atoms with Gasteiger partial charge in [-0.2, -0.15) is 0 Å². The van der Waals surface area contributed by atoms with Crippen LogP contribution < -0.4 is 0 Å². The third kappa shape index (κ3) is 2.12. The molecule has 0 aromatic heterocycles. The van der Waals surface area contributed by atoms with Crippen molar-refractivity contribution in [3.8, 4) is 0 Å². The van der Waals surface area contributed by atoms with Crippen molar-refractivity contribution in [2.24, 2.45) is 22.7 Å². The molecule has 0 aliphatic heterocycles. The van der Waals surface area contributed by atoms with E-state index < -0.39 is 0 Å². The second-order valence-electron chi connectivity index (χ2n) is 7.12. The monoisotopic (exact) mass is 273 g/mol. The zero-order chi connectivity index (χ0) is 12.8. The zero-order valence-corrected chi connectivity index (χ0v) is 13.3. The van der Waals surface area contributed by atoms with Crippen molar-refractivity contribution >= 4 is 18.2 Å². The minimum absolute atomic E-state index is 0. The molecule has 0 aromatic carbocycles. The van der Waals surface area contributed by atoms with Crippen LogP contribution in [0.5, 0.6) is 0 Å². The molecule has 3 unspecified atom stereocenters. The predicted octanol–water partition coefficient (Wildman–Crippen LogP) is 3.39. The number of rotatable bonds is 4. The summed E-state index contributed by atoms with van der Waals surface area (Å²) < 4.78 is 0. The van der Waals surface area contributed by atoms with Gasteiger partial charge in [0.25, 0.3) is 0 Å². The Morgan fingerprint density at radius 1 is 1.28 bits per heavy atom. The topological polar surface area (TPSA) is 20.3 Å². The predicted molar refractivity (Wildman–Crippen MR) is 78.1 cm³/mol. The molecule has 3 atom stereocenters. The zero-order valence-electron chi connectivity index (χ0n) is 12.5. The normalized spacial score (nSPS) is 37.1. The van der Waals surface area contributed by atoms with Gasteiger partial charge in [-0.05, 0) is 57.7 Å². The van der Waals surface area contributed by atoms with E-state index >= 15 is 0 Å². The van der Waals surface area contributed by atoms with Gasteiger partial charge in [0.2, 0.25) is 0 Å². The molecule has 2 saturated carbocycles. The molecule has 2 fully saturated rings. The Morgan fingerprint density at radius 2 is 1.89 bits per heavy atom. The number of nitrogens with zero attached hydrogens (tertiary/aromatic N) is 1. The number of hydrogen-bond donors (Lipinski definition) is 0. The molecule has 2 nitrogen and oxygen atoms in total. The Bertz CT molecular complexity index is 326. The molecule has 0 radical (unpaired) electrons. The summed E-state index contributed by atoms with van der Waals surface area (Å²) in [6, 6.07) is 0. The molecule has 0 amide bonds. The molecule has 0 N–H and O–H groups in total. The van der Waals surface area contributed by atoms with Crippen molar-refractivity contribution in [3.05, 3.63) is 0 Å². The summed E-state index contributed by atoms with van der Waals surface area (Å²) in [7, 11) is 4.21. The van der Waals surface area contributed by atoms with E-state index in [0.717, 1.165) is 25.8 Å². The molecule has 2 aliphatic carbocycles. The highest BCUT2D eigenvalue weighted by atomic mass is 35.5. The van der Waals surface area contributed by atoms with Crippen LogP contribution in [0.2, 0.25) is 0 Å². The smallest absolute Gasteiger partial charge is 0.142 e. The Balaban J connectivity index is 0.00000162. The van der Waals surface area contributed by atoms with Crippen molar-refractivity contribution in [2.45, 2.75) is 46.5 Å². The molecule has 2 rings (SSSR count). The number of fused-ring (bicyclic) bond motifs is 2. The first-order valence-corrected chi connectivity index (χ1v) is 7.00. The summed E-state index contributed by atoms with van der Waals surface area (Å²) in [4.78, 5) is 14.8. The van der Waals surface area contributed by atoms with Crippen LogP contribution >= 0.6 is 12.4 Å². The van der Waals surface area contributed by atoms with Crippen molar-refractivity contribution in [2.75, 3.05) is 20.6 Å². The molecule has 0 heterocycles. The SMILES string of the molecule is CN(C)CCCC1C(=O)C2(C)CCC1C2(C)C.Cl. The maximum atomic E-state index is 12.6. The molecule has 2 aliphatic rings. The average molecular weight is 274 g/mol. The quantitative estimate of drug-likeness (QED) is 0.783. The number of carbonyl (C=O) groups is 1. The van der Waals surface area contributed by atoms with E-state index in [0.29, 0.717) is 17.6 Å². The largest absolute Gasteiger partial charge is 0.309 e. The lowest BCUT2D eigenvalue weighted by atomic mass is 9.70. The molecule has 18 heavy (non-hydrogen) atoms. The highest BCUT2D eigenvalue weighted by Gasteiger charge is 2.65. The fourth-order valence-electron chi connectivity index (χ4n) is 4.23. The summed E-state index contributed by atoms with van der Waals surface area (Å²) in [5.41, 5.74) is 0.202. The molecule has 0 saturated heterocycles. The van der Waals surface area contributed by atoms with Crippen molar-refractivity contribution in [3.63, 3.8) is 0 Å². The van der Waals surface area contributed by atoms with E-state index in [2.05, 4.69) is 39.8 Å². The van der Waals surface area contributed by atoms with Crippen LogP contribution in [0.1, 0.15) is 46.5 Å². The summed E-state index contributed by atoms with van der Waals surface area (Å²) >= 11 is 0. The Hall–Kier alpha value is -0.0800. The third-order valence-corrected chi connectivity index (χ3v) is 5.79. The van der Waals surface area contributed by atoms with E-state index in [9.17, 15) is 4.79 Å². The first kappa shape index (κ1) is 16.0. The van der Waals surface area contributed by atoms with E-state index in [1.165, 1.54) is 6.42 Å². The number of hydrogen-bond acceptors (Lipinski definition) is 2. The molecule has 3 heteroatoms. The first-order chi connectivity index (χ1) is 7.80. The summed E-state index contributed by atoms with van der Waals surface area (Å²) in [6.07, 6.45) is 4.64. The minimum atomic E-state index is -0.0273. The summed E-state index contributed by atoms with van der Waals surface area (Å²) in [5.74, 6) is 1.56. The van der Waals surface area contributed by atoms with Crippen LogP contribution in [-0.2, 0) is 4.79 Å². The third-order valence-electron chi connectivity index (χ3n) is 5.79. The molecule has 0 spiro atoms. The summed E-state index contributed by atoms with van der Waals surface area (Å²) in [5, 5.41) is 0. The van der Waals surface area contributed by atoms with E-state index in [1.54, 1.807) is 0 Å². The lowest BCUT2D eigenvalue weighted by Crippen LogP contribution is -2.33. The molecule has 2 bridgehead atoms. The second-order valence-corrected chi connectivity index (χ2v) is 7.12. The minimum Gasteiger partial charge on any atom is -0.309 e. The lowest BCUT2D eigenvalue weighted by molar-refractivity contribution is -0.131. The number of carbonyl (C=O) groups excluding carboxylic acids is 1. The standard InChI is InChI=1S/C15H27NO.ClH/c1-14(2)12-8-9-15(14,3)13(17)11(12)7-6-10-16(4)5;/h11-12H,6-10H2,1-5H3;1H. The second kappa shape index (κ2) is 5.13. The first-order valence-electron chi connectivity index (χ1n) is 7.00. The van der Waals surface area contributed by atoms with Gasteiger partial charge in [-0.3, -0.25) is 4.79 Å². The number of Topliss-reactive ketones (excluding diaryl/α,β-unsaturated/α-hetero) is 1. The highest BCUT2D eigenvalue weighted by molar-refractivity contribution is 5.91.